The van der Waals surface area contributed by atoms with Gasteiger partial charge in [-0.2, -0.15) is 4.99 Å². The molecular formula is C9H18N2O2. The van der Waals surface area contributed by atoms with Crippen LogP contribution in [-0.2, 0) is 4.74 Å². The minimum absolute atomic E-state index is 0.330. The van der Waals surface area contributed by atoms with Gasteiger partial charge in [0, 0.05) is 6.42 Å². The number of aliphatic imine (C=N–C) groups is 1. The molecule has 0 saturated heterocycles. The first-order valence-corrected chi connectivity index (χ1v) is 4.41. The van der Waals surface area contributed by atoms with E-state index in [0.29, 0.717) is 12.3 Å². The first kappa shape index (κ1) is 11.9. The highest BCUT2D eigenvalue weighted by molar-refractivity contribution is 5.90. The summed E-state index contributed by atoms with van der Waals surface area (Å²) in [4.78, 5) is 14.6. The summed E-state index contributed by atoms with van der Waals surface area (Å²) < 4.78 is 4.95. The zero-order chi connectivity index (χ0) is 10.5. The van der Waals surface area contributed by atoms with E-state index in [-0.39, 0.29) is 0 Å². The van der Waals surface area contributed by atoms with Gasteiger partial charge in [-0.1, -0.05) is 6.92 Å². The van der Waals surface area contributed by atoms with E-state index in [0.717, 1.165) is 6.42 Å². The molecule has 1 amide bonds. The molecule has 0 rings (SSSR count). The number of carbonyl (C=O) groups excluding carboxylic acids is 1. The molecule has 2 N–H and O–H groups in total. The molecule has 0 aliphatic rings. The van der Waals surface area contributed by atoms with E-state index in [1.165, 1.54) is 0 Å². The Morgan fingerprint density at radius 3 is 2.38 bits per heavy atom. The maximum Gasteiger partial charge on any atom is 0.435 e. The molecule has 13 heavy (non-hydrogen) atoms. The van der Waals surface area contributed by atoms with Crippen LogP contribution in [0.25, 0.3) is 0 Å². The number of hydrogen-bond donors (Lipinski definition) is 1. The lowest BCUT2D eigenvalue weighted by Gasteiger charge is -2.17. The van der Waals surface area contributed by atoms with Crippen LogP contribution in [0.3, 0.4) is 0 Å². The third-order valence-corrected chi connectivity index (χ3v) is 1.13. The van der Waals surface area contributed by atoms with Gasteiger partial charge >= 0.3 is 6.09 Å². The number of hydrogen-bond acceptors (Lipinski definition) is 2. The number of carbonyl (C=O) groups is 1. The van der Waals surface area contributed by atoms with E-state index in [1.807, 2.05) is 6.92 Å². The van der Waals surface area contributed by atoms with Crippen LogP contribution in [0.4, 0.5) is 4.79 Å². The van der Waals surface area contributed by atoms with Crippen molar-refractivity contribution in [1.29, 1.82) is 0 Å². The predicted molar refractivity (Wildman–Crippen MR) is 52.8 cm³/mol. The van der Waals surface area contributed by atoms with E-state index < -0.39 is 11.7 Å². The molecule has 0 aliphatic carbocycles. The Balaban J connectivity index is 4.07. The van der Waals surface area contributed by atoms with Crippen LogP contribution in [0, 0.1) is 0 Å². The third-order valence-electron chi connectivity index (χ3n) is 1.13. The number of nitrogens with two attached hydrogens (primary N) is 1. The summed E-state index contributed by atoms with van der Waals surface area (Å²) >= 11 is 0. The SMILES string of the molecule is CCC/C(N)=N/C(=O)OC(C)(C)C. The lowest BCUT2D eigenvalue weighted by atomic mass is 10.2. The molecule has 0 aromatic carbocycles. The molecule has 0 saturated carbocycles. The van der Waals surface area contributed by atoms with Gasteiger partial charge < -0.3 is 10.5 Å². The van der Waals surface area contributed by atoms with Crippen molar-refractivity contribution in [3.05, 3.63) is 0 Å². The van der Waals surface area contributed by atoms with Crippen molar-refractivity contribution in [2.45, 2.75) is 46.1 Å². The number of ether oxygens (including phenoxy) is 1. The zero-order valence-electron chi connectivity index (χ0n) is 8.76. The molecule has 4 heteroatoms. The highest BCUT2D eigenvalue weighted by atomic mass is 16.6. The van der Waals surface area contributed by atoms with Crippen LogP contribution >= 0.6 is 0 Å². The quantitative estimate of drug-likeness (QED) is 0.530. The number of rotatable bonds is 2. The average molecular weight is 186 g/mol. The zero-order valence-corrected chi connectivity index (χ0v) is 8.76. The molecule has 4 nitrogen and oxygen atoms in total. The largest absolute Gasteiger partial charge is 0.442 e. The minimum Gasteiger partial charge on any atom is -0.442 e. The molecule has 0 spiro atoms. The van der Waals surface area contributed by atoms with Crippen molar-refractivity contribution in [3.63, 3.8) is 0 Å². The van der Waals surface area contributed by atoms with Crippen molar-refractivity contribution < 1.29 is 9.53 Å². The summed E-state index contributed by atoms with van der Waals surface area (Å²) in [6, 6.07) is 0. The molecule has 76 valence electrons. The Morgan fingerprint density at radius 2 is 2.00 bits per heavy atom. The topological polar surface area (TPSA) is 64.7 Å². The molecule has 0 heterocycles. The number of amidine groups is 1. The summed E-state index contributed by atoms with van der Waals surface area (Å²) in [5, 5.41) is 0. The van der Waals surface area contributed by atoms with Gasteiger partial charge in [-0.15, -0.1) is 0 Å². The molecule has 0 aliphatic heterocycles. The Hall–Kier alpha value is -1.06. The molecule has 0 radical (unpaired) electrons. The van der Waals surface area contributed by atoms with E-state index in [2.05, 4.69) is 4.99 Å². The summed E-state index contributed by atoms with van der Waals surface area (Å²) in [5.41, 5.74) is 4.95. The lowest BCUT2D eigenvalue weighted by molar-refractivity contribution is 0.0604. The van der Waals surface area contributed by atoms with Gasteiger partial charge in [0.15, 0.2) is 0 Å². The van der Waals surface area contributed by atoms with E-state index in [1.54, 1.807) is 20.8 Å². The highest BCUT2D eigenvalue weighted by Gasteiger charge is 2.15. The van der Waals surface area contributed by atoms with Gasteiger partial charge in [-0.3, -0.25) is 0 Å². The second-order valence-electron chi connectivity index (χ2n) is 3.83. The molecule has 0 unspecified atom stereocenters. The highest BCUT2D eigenvalue weighted by Crippen LogP contribution is 2.07. The smallest absolute Gasteiger partial charge is 0.435 e. The van der Waals surface area contributed by atoms with Crippen LogP contribution in [0.1, 0.15) is 40.5 Å². The fraction of sp³-hybridized carbons (Fsp3) is 0.778. The standard InChI is InChI=1S/C9H18N2O2/c1-5-6-7(10)11-8(12)13-9(2,3)4/h5-6H2,1-4H3,(H2,10,11,12). The summed E-state index contributed by atoms with van der Waals surface area (Å²) in [7, 11) is 0. The third kappa shape index (κ3) is 7.31. The van der Waals surface area contributed by atoms with Gasteiger partial charge in [0.1, 0.15) is 11.4 Å². The first-order chi connectivity index (χ1) is 5.85. The molecule has 0 bridgehead atoms. The van der Waals surface area contributed by atoms with Crippen LogP contribution < -0.4 is 5.73 Å². The van der Waals surface area contributed by atoms with E-state index >= 15 is 0 Å². The van der Waals surface area contributed by atoms with Crippen LogP contribution in [0.5, 0.6) is 0 Å². The fourth-order valence-corrected chi connectivity index (χ4v) is 0.714. The van der Waals surface area contributed by atoms with E-state index in [4.69, 9.17) is 10.5 Å². The van der Waals surface area contributed by atoms with Gasteiger partial charge in [0.25, 0.3) is 0 Å². The average Bonchev–Trinajstić information content (AvgIpc) is 1.81. The predicted octanol–water partition coefficient (Wildman–Crippen LogP) is 2.08. The Kier molecular flexibility index (Phi) is 4.45. The van der Waals surface area contributed by atoms with Gasteiger partial charge in [0.2, 0.25) is 0 Å². The Morgan fingerprint density at radius 1 is 1.46 bits per heavy atom. The number of amides is 1. The molecule has 0 fully saturated rings. The molecule has 0 aromatic heterocycles. The maximum atomic E-state index is 11.1. The summed E-state index contributed by atoms with van der Waals surface area (Å²) in [6.07, 6.45) is 0.885. The van der Waals surface area contributed by atoms with Crippen molar-refractivity contribution in [2.75, 3.05) is 0 Å². The van der Waals surface area contributed by atoms with Crippen molar-refractivity contribution >= 4 is 11.9 Å². The maximum absolute atomic E-state index is 11.1. The van der Waals surface area contributed by atoms with Gasteiger partial charge in [0.05, 0.1) is 0 Å². The Bertz CT molecular complexity index is 204. The minimum atomic E-state index is -0.613. The van der Waals surface area contributed by atoms with Crippen LogP contribution in [0.2, 0.25) is 0 Å². The van der Waals surface area contributed by atoms with E-state index in [9.17, 15) is 4.79 Å². The fourth-order valence-electron chi connectivity index (χ4n) is 0.714. The van der Waals surface area contributed by atoms with Crippen LogP contribution in [0.15, 0.2) is 4.99 Å². The molecular weight excluding hydrogens is 168 g/mol. The normalized spacial score (nSPS) is 12.8. The second-order valence-corrected chi connectivity index (χ2v) is 3.83. The molecule has 0 aromatic rings. The lowest BCUT2D eigenvalue weighted by Crippen LogP contribution is -2.24. The van der Waals surface area contributed by atoms with Crippen molar-refractivity contribution in [1.82, 2.24) is 0 Å². The summed E-state index contributed by atoms with van der Waals surface area (Å²) in [6.45, 7) is 7.33. The Labute approximate surface area is 79.2 Å². The van der Waals surface area contributed by atoms with Crippen LogP contribution in [-0.4, -0.2) is 17.5 Å². The second kappa shape index (κ2) is 4.84. The van der Waals surface area contributed by atoms with Crippen molar-refractivity contribution in [3.8, 4) is 0 Å². The molecule has 0 atom stereocenters. The van der Waals surface area contributed by atoms with Gasteiger partial charge in [-0.05, 0) is 27.2 Å². The van der Waals surface area contributed by atoms with Gasteiger partial charge in [-0.25, -0.2) is 4.79 Å². The first-order valence-electron chi connectivity index (χ1n) is 4.41. The number of nitrogens with zero attached hydrogens (tertiary/aromatic N) is 1. The van der Waals surface area contributed by atoms with Crippen molar-refractivity contribution in [2.24, 2.45) is 10.7 Å². The monoisotopic (exact) mass is 186 g/mol. The summed E-state index contributed by atoms with van der Waals surface area (Å²) in [5.74, 6) is 0.330.